The van der Waals surface area contributed by atoms with Gasteiger partial charge in [0.15, 0.2) is 0 Å². The highest BCUT2D eigenvalue weighted by molar-refractivity contribution is 5.94. The van der Waals surface area contributed by atoms with Crippen molar-refractivity contribution in [2.45, 2.75) is 38.4 Å². The van der Waals surface area contributed by atoms with Crippen LogP contribution >= 0.6 is 0 Å². The molecular weight excluding hydrogens is 452 g/mol. The smallest absolute Gasteiger partial charge is 0.254 e. The van der Waals surface area contributed by atoms with Crippen molar-refractivity contribution in [3.8, 4) is 11.5 Å². The Bertz CT molecular complexity index is 1100. The number of aryl methyl sites for hydroxylation is 1. The number of nitrogens with zero attached hydrogens (tertiary/aromatic N) is 2. The molecule has 1 heterocycles. The van der Waals surface area contributed by atoms with Crippen LogP contribution in [0.5, 0.6) is 11.5 Å². The molecule has 1 fully saturated rings. The predicted molar refractivity (Wildman–Crippen MR) is 141 cm³/mol. The third-order valence-corrected chi connectivity index (χ3v) is 6.80. The molecule has 2 atom stereocenters. The first-order valence-electron chi connectivity index (χ1n) is 12.5. The van der Waals surface area contributed by atoms with E-state index in [0.29, 0.717) is 25.4 Å². The summed E-state index contributed by atoms with van der Waals surface area (Å²) in [5.41, 5.74) is 3.11. The summed E-state index contributed by atoms with van der Waals surface area (Å²) >= 11 is 0. The number of benzene rings is 3. The molecule has 1 aliphatic heterocycles. The van der Waals surface area contributed by atoms with E-state index in [1.54, 1.807) is 14.2 Å². The molecule has 0 radical (unpaired) electrons. The molecule has 0 aromatic heterocycles. The van der Waals surface area contributed by atoms with Gasteiger partial charge in [-0.25, -0.2) is 0 Å². The molecule has 4 rings (SSSR count). The number of ether oxygens (including phenoxy) is 3. The van der Waals surface area contributed by atoms with Crippen molar-refractivity contribution in [3.05, 3.63) is 95.6 Å². The van der Waals surface area contributed by atoms with Gasteiger partial charge >= 0.3 is 0 Å². The van der Waals surface area contributed by atoms with Crippen molar-refractivity contribution in [2.24, 2.45) is 0 Å². The van der Waals surface area contributed by atoms with Crippen LogP contribution < -0.4 is 9.47 Å². The van der Waals surface area contributed by atoms with Gasteiger partial charge in [-0.05, 0) is 67.3 Å². The molecule has 1 saturated heterocycles. The van der Waals surface area contributed by atoms with Crippen molar-refractivity contribution < 1.29 is 19.0 Å². The summed E-state index contributed by atoms with van der Waals surface area (Å²) in [6, 6.07) is 26.1. The summed E-state index contributed by atoms with van der Waals surface area (Å²) in [6.07, 6.45) is 1.84. The monoisotopic (exact) mass is 488 g/mol. The van der Waals surface area contributed by atoms with Crippen molar-refractivity contribution >= 4 is 5.91 Å². The number of rotatable bonds is 8. The number of methoxy groups -OCH3 is 2. The quantitative estimate of drug-likeness (QED) is 0.445. The van der Waals surface area contributed by atoms with E-state index in [0.717, 1.165) is 36.4 Å². The van der Waals surface area contributed by atoms with Crippen LogP contribution in [-0.2, 0) is 17.7 Å². The molecule has 36 heavy (non-hydrogen) atoms. The van der Waals surface area contributed by atoms with Crippen LogP contribution in [0.4, 0.5) is 0 Å². The Labute approximate surface area is 214 Å². The SMILES string of the molecule is COc1ccc(C(=O)N2C[C@H](CCc3ccccc3)N(Cc3cccc(OC)c3)COC[C@H]2C)cc1. The second kappa shape index (κ2) is 12.6. The van der Waals surface area contributed by atoms with Gasteiger partial charge in [0, 0.05) is 24.7 Å². The third-order valence-electron chi connectivity index (χ3n) is 6.80. The Morgan fingerprint density at radius 1 is 0.917 bits per heavy atom. The first-order valence-corrected chi connectivity index (χ1v) is 12.5. The molecule has 0 spiro atoms. The topological polar surface area (TPSA) is 51.2 Å². The maximum absolute atomic E-state index is 13.6. The highest BCUT2D eigenvalue weighted by atomic mass is 16.5. The van der Waals surface area contributed by atoms with E-state index in [1.807, 2.05) is 47.4 Å². The minimum Gasteiger partial charge on any atom is -0.497 e. The van der Waals surface area contributed by atoms with Crippen LogP contribution in [0.3, 0.4) is 0 Å². The van der Waals surface area contributed by atoms with Crippen molar-refractivity contribution in [3.63, 3.8) is 0 Å². The minimum absolute atomic E-state index is 0.0155. The van der Waals surface area contributed by atoms with Crippen LogP contribution in [0.2, 0.25) is 0 Å². The minimum atomic E-state index is -0.0298. The molecule has 0 bridgehead atoms. The lowest BCUT2D eigenvalue weighted by atomic mass is 10.0. The molecule has 3 aromatic rings. The van der Waals surface area contributed by atoms with Gasteiger partial charge in [0.05, 0.1) is 33.6 Å². The fourth-order valence-corrected chi connectivity index (χ4v) is 4.67. The molecule has 1 amide bonds. The average Bonchev–Trinajstić information content (AvgIpc) is 2.92. The second-order valence-corrected chi connectivity index (χ2v) is 9.31. The third kappa shape index (κ3) is 6.65. The Hall–Kier alpha value is -3.35. The van der Waals surface area contributed by atoms with Crippen LogP contribution in [0.15, 0.2) is 78.9 Å². The molecular formula is C30H36N2O4. The van der Waals surface area contributed by atoms with E-state index in [1.165, 1.54) is 5.56 Å². The summed E-state index contributed by atoms with van der Waals surface area (Å²) in [5, 5.41) is 0. The summed E-state index contributed by atoms with van der Waals surface area (Å²) in [7, 11) is 3.31. The second-order valence-electron chi connectivity index (χ2n) is 9.31. The molecule has 6 heteroatoms. The largest absolute Gasteiger partial charge is 0.497 e. The summed E-state index contributed by atoms with van der Waals surface area (Å²) in [5.74, 6) is 1.59. The molecule has 190 valence electrons. The van der Waals surface area contributed by atoms with E-state index < -0.39 is 0 Å². The maximum atomic E-state index is 13.6. The Balaban J connectivity index is 1.58. The van der Waals surface area contributed by atoms with Gasteiger partial charge in [0.25, 0.3) is 5.91 Å². The van der Waals surface area contributed by atoms with Crippen LogP contribution in [-0.4, -0.2) is 61.9 Å². The zero-order valence-corrected chi connectivity index (χ0v) is 21.4. The highest BCUT2D eigenvalue weighted by Crippen LogP contribution is 2.23. The zero-order valence-electron chi connectivity index (χ0n) is 21.4. The average molecular weight is 489 g/mol. The molecule has 6 nitrogen and oxygen atoms in total. The van der Waals surface area contributed by atoms with Crippen LogP contribution in [0.25, 0.3) is 0 Å². The number of carbonyl (C=O) groups is 1. The zero-order chi connectivity index (χ0) is 25.3. The Kier molecular flexibility index (Phi) is 8.98. The van der Waals surface area contributed by atoms with Gasteiger partial charge in [0.1, 0.15) is 11.5 Å². The van der Waals surface area contributed by atoms with Crippen LogP contribution in [0.1, 0.15) is 34.8 Å². The van der Waals surface area contributed by atoms with Gasteiger partial charge in [-0.15, -0.1) is 0 Å². The molecule has 3 aromatic carbocycles. The molecule has 0 unspecified atom stereocenters. The van der Waals surface area contributed by atoms with Gasteiger partial charge in [-0.2, -0.15) is 0 Å². The lowest BCUT2D eigenvalue weighted by Crippen LogP contribution is -2.53. The molecule has 0 saturated carbocycles. The lowest BCUT2D eigenvalue weighted by molar-refractivity contribution is -0.0526. The summed E-state index contributed by atoms with van der Waals surface area (Å²) in [4.78, 5) is 18.0. The van der Waals surface area contributed by atoms with Crippen molar-refractivity contribution in [2.75, 3.05) is 34.1 Å². The molecule has 0 N–H and O–H groups in total. The van der Waals surface area contributed by atoms with Crippen molar-refractivity contribution in [1.82, 2.24) is 9.80 Å². The van der Waals surface area contributed by atoms with Crippen molar-refractivity contribution in [1.29, 1.82) is 0 Å². The molecule has 1 aliphatic rings. The van der Waals surface area contributed by atoms with E-state index in [-0.39, 0.29) is 18.0 Å². The highest BCUT2D eigenvalue weighted by Gasteiger charge is 2.30. The van der Waals surface area contributed by atoms with E-state index in [9.17, 15) is 4.79 Å². The Morgan fingerprint density at radius 2 is 1.64 bits per heavy atom. The first kappa shape index (κ1) is 25.7. The Morgan fingerprint density at radius 3 is 2.36 bits per heavy atom. The predicted octanol–water partition coefficient (Wildman–Crippen LogP) is 5.03. The number of amides is 1. The fraction of sp³-hybridized carbons (Fsp3) is 0.367. The number of hydrogen-bond donors (Lipinski definition) is 0. The maximum Gasteiger partial charge on any atom is 0.254 e. The summed E-state index contributed by atoms with van der Waals surface area (Å²) in [6.45, 7) is 4.42. The lowest BCUT2D eigenvalue weighted by Gasteiger charge is -2.41. The van der Waals surface area contributed by atoms with E-state index >= 15 is 0 Å². The van der Waals surface area contributed by atoms with E-state index in [2.05, 4.69) is 48.2 Å². The fourth-order valence-electron chi connectivity index (χ4n) is 4.67. The number of hydrogen-bond acceptors (Lipinski definition) is 5. The number of carbonyl (C=O) groups excluding carboxylic acids is 1. The van der Waals surface area contributed by atoms with Gasteiger partial charge < -0.3 is 19.1 Å². The first-order chi connectivity index (χ1) is 17.6. The van der Waals surface area contributed by atoms with Gasteiger partial charge in [-0.3, -0.25) is 9.69 Å². The van der Waals surface area contributed by atoms with Gasteiger partial charge in [-0.1, -0.05) is 42.5 Å². The summed E-state index contributed by atoms with van der Waals surface area (Å²) < 4.78 is 16.9. The van der Waals surface area contributed by atoms with E-state index in [4.69, 9.17) is 14.2 Å². The normalized spacial score (nSPS) is 18.8. The standard InChI is InChI=1S/C30H36N2O4/c1-23-21-36-22-31(19-25-10-7-11-29(18-25)35-3)27(15-12-24-8-5-4-6-9-24)20-32(23)30(33)26-13-16-28(34-2)17-14-26/h4-11,13-14,16-18,23,27H,12,15,19-22H2,1-3H3/t23-,27+/m1/s1. The van der Waals surface area contributed by atoms with Gasteiger partial charge in [0.2, 0.25) is 0 Å². The van der Waals surface area contributed by atoms with Crippen LogP contribution in [0, 0.1) is 0 Å². The molecule has 0 aliphatic carbocycles.